The van der Waals surface area contributed by atoms with Crippen molar-refractivity contribution in [3.8, 4) is 0 Å². The topological polar surface area (TPSA) is 162 Å². The van der Waals surface area contributed by atoms with Gasteiger partial charge in [-0.15, -0.1) is 0 Å². The van der Waals surface area contributed by atoms with Crippen molar-refractivity contribution in [1.29, 1.82) is 0 Å². The smallest absolute Gasteiger partial charge is 0.333 e. The number of rotatable bonds is 6. The lowest BCUT2D eigenvalue weighted by molar-refractivity contribution is -0.185. The molecule has 10 nitrogen and oxygen atoms in total. The molecule has 0 amide bonds. The van der Waals surface area contributed by atoms with Crippen LogP contribution in [0.25, 0.3) is 0 Å². The molecule has 2 heterocycles. The van der Waals surface area contributed by atoms with Crippen molar-refractivity contribution in [2.24, 2.45) is 0 Å². The highest BCUT2D eigenvalue weighted by atomic mass is 16.6. The van der Waals surface area contributed by atoms with Crippen LogP contribution in [0.3, 0.4) is 0 Å². The highest BCUT2D eigenvalue weighted by Gasteiger charge is 2.73. The molecule has 0 radical (unpaired) electrons. The van der Waals surface area contributed by atoms with Crippen molar-refractivity contribution < 1.29 is 44.3 Å². The maximum Gasteiger partial charge on any atom is 0.333 e. The van der Waals surface area contributed by atoms with Crippen molar-refractivity contribution in [2.75, 3.05) is 6.54 Å². The maximum absolute atomic E-state index is 12.3. The monoisotopic (exact) mass is 383 g/mol. The summed E-state index contributed by atoms with van der Waals surface area (Å²) in [5, 5.41) is 41.3. The third kappa shape index (κ3) is 3.00. The van der Waals surface area contributed by atoms with Gasteiger partial charge in [-0.05, 0) is 32.9 Å². The van der Waals surface area contributed by atoms with Crippen molar-refractivity contribution >= 4 is 23.3 Å². The molecule has 0 saturated carbocycles. The number of carbonyl (C=O) groups excluding carboxylic acids is 3. The van der Waals surface area contributed by atoms with E-state index in [9.17, 15) is 34.5 Å². The van der Waals surface area contributed by atoms with Crippen molar-refractivity contribution in [3.05, 3.63) is 23.9 Å². The van der Waals surface area contributed by atoms with Gasteiger partial charge in [-0.1, -0.05) is 0 Å². The van der Waals surface area contributed by atoms with Crippen LogP contribution in [0.4, 0.5) is 0 Å². The number of Topliss-reactive ketones (excluding diaryl/α,β-unsaturated/α-hetero) is 3. The Labute approximate surface area is 154 Å². The largest absolute Gasteiger partial charge is 0.478 e. The molecule has 0 bridgehead atoms. The van der Waals surface area contributed by atoms with E-state index in [1.165, 1.54) is 18.4 Å². The van der Waals surface area contributed by atoms with E-state index in [-0.39, 0.29) is 12.1 Å². The predicted octanol–water partition coefficient (Wildman–Crippen LogP) is -1.86. The number of ketones is 3. The standard InChI is InChI=1S/C17H21NO9/c1-8(19)12(22)13-16(25,9(2)20)17(26,10(3)21)15(27-13)18-6-4-5-11(7-18)14(23)24/h4-6,12-13,15,22,25-26H,7H2,1-3H3,(H,23,24)/t12?,13-,15-,16-,17+/m1/s1. The van der Waals surface area contributed by atoms with Gasteiger partial charge in [0.05, 0.1) is 12.1 Å². The predicted molar refractivity (Wildman–Crippen MR) is 88.2 cm³/mol. The zero-order valence-corrected chi connectivity index (χ0v) is 14.9. The second-order valence-electron chi connectivity index (χ2n) is 6.62. The van der Waals surface area contributed by atoms with Crippen molar-refractivity contribution in [1.82, 2.24) is 4.90 Å². The van der Waals surface area contributed by atoms with E-state index in [1.54, 1.807) is 0 Å². The Bertz CT molecular complexity index is 758. The average Bonchev–Trinajstić information content (AvgIpc) is 2.85. The van der Waals surface area contributed by atoms with Gasteiger partial charge in [-0.3, -0.25) is 14.4 Å². The molecule has 2 aliphatic rings. The minimum atomic E-state index is -2.92. The number of aliphatic hydroxyl groups excluding tert-OH is 1. The fraction of sp³-hybridized carbons (Fsp3) is 0.529. The highest BCUT2D eigenvalue weighted by Crippen LogP contribution is 2.45. The lowest BCUT2D eigenvalue weighted by Gasteiger charge is -2.40. The molecule has 2 aliphatic heterocycles. The Kier molecular flexibility index (Phi) is 5.39. The van der Waals surface area contributed by atoms with Crippen LogP contribution in [-0.4, -0.2) is 84.8 Å². The summed E-state index contributed by atoms with van der Waals surface area (Å²) in [6.07, 6.45) is -1.74. The Morgan fingerprint density at radius 2 is 1.70 bits per heavy atom. The van der Waals surface area contributed by atoms with E-state index >= 15 is 0 Å². The third-order valence-corrected chi connectivity index (χ3v) is 4.91. The highest BCUT2D eigenvalue weighted by molar-refractivity contribution is 6.00. The number of nitrogens with zero attached hydrogens (tertiary/aromatic N) is 1. The minimum Gasteiger partial charge on any atom is -0.478 e. The zero-order valence-electron chi connectivity index (χ0n) is 14.9. The van der Waals surface area contributed by atoms with Crippen molar-refractivity contribution in [2.45, 2.75) is 50.4 Å². The fourth-order valence-corrected chi connectivity index (χ4v) is 3.36. The Balaban J connectivity index is 2.58. The molecule has 1 saturated heterocycles. The first kappa shape index (κ1) is 20.9. The summed E-state index contributed by atoms with van der Waals surface area (Å²) in [4.78, 5) is 48.5. The molecule has 2 rings (SSSR count). The number of carboxylic acid groups (broad SMARTS) is 1. The Morgan fingerprint density at radius 3 is 2.15 bits per heavy atom. The summed E-state index contributed by atoms with van der Waals surface area (Å²) in [6.45, 7) is 2.46. The van der Waals surface area contributed by atoms with Gasteiger partial charge in [-0.2, -0.15) is 0 Å². The molecule has 0 aromatic heterocycles. The molecule has 0 aliphatic carbocycles. The number of aliphatic carboxylic acids is 1. The average molecular weight is 383 g/mol. The number of hydrogen-bond acceptors (Lipinski definition) is 9. The molecule has 10 heteroatoms. The zero-order chi connectivity index (χ0) is 20.7. The normalized spacial score (nSPS) is 34.1. The molecular formula is C17H21NO9. The molecule has 1 unspecified atom stereocenters. The Morgan fingerprint density at radius 1 is 1.15 bits per heavy atom. The molecule has 4 N–H and O–H groups in total. The molecule has 0 spiro atoms. The van der Waals surface area contributed by atoms with Gasteiger partial charge in [0, 0.05) is 6.20 Å². The number of allylic oxidation sites excluding steroid dienone is 2. The number of carboxylic acids is 1. The molecule has 148 valence electrons. The molecule has 1 fully saturated rings. The van der Waals surface area contributed by atoms with Crippen LogP contribution in [0, 0.1) is 0 Å². The second-order valence-corrected chi connectivity index (χ2v) is 6.62. The molecule has 27 heavy (non-hydrogen) atoms. The van der Waals surface area contributed by atoms with Crippen molar-refractivity contribution in [3.63, 3.8) is 0 Å². The summed E-state index contributed by atoms with van der Waals surface area (Å²) in [5.74, 6) is -4.26. The first-order chi connectivity index (χ1) is 12.4. The number of carbonyl (C=O) groups is 4. The van der Waals surface area contributed by atoms with Gasteiger partial charge in [0.1, 0.15) is 12.2 Å². The second kappa shape index (κ2) is 6.97. The van der Waals surface area contributed by atoms with Crippen LogP contribution in [0.2, 0.25) is 0 Å². The first-order valence-corrected chi connectivity index (χ1v) is 8.06. The molecule has 0 aromatic carbocycles. The summed E-state index contributed by atoms with van der Waals surface area (Å²) in [5.41, 5.74) is -5.88. The van der Waals surface area contributed by atoms with Gasteiger partial charge in [-0.25, -0.2) is 4.79 Å². The van der Waals surface area contributed by atoms with Crippen LogP contribution in [0.5, 0.6) is 0 Å². The summed E-state index contributed by atoms with van der Waals surface area (Å²) in [6, 6.07) is 0. The number of aliphatic hydroxyl groups is 3. The first-order valence-electron chi connectivity index (χ1n) is 8.06. The van der Waals surface area contributed by atoms with Crippen LogP contribution in [0.15, 0.2) is 23.9 Å². The van der Waals surface area contributed by atoms with Crippen LogP contribution < -0.4 is 0 Å². The molecular weight excluding hydrogens is 362 g/mol. The van der Waals surface area contributed by atoms with Gasteiger partial charge >= 0.3 is 5.97 Å². The van der Waals surface area contributed by atoms with Gasteiger partial charge in [0.2, 0.25) is 5.60 Å². The summed E-state index contributed by atoms with van der Waals surface area (Å²) < 4.78 is 5.45. The SMILES string of the molecule is CC(=O)C(O)[C@H]1O[C@@H](N2C=CC=C(C(=O)O)C2)[C@@](O)(C(C)=O)[C@@]1(O)C(C)=O. The molecule has 0 aromatic rings. The summed E-state index contributed by atoms with van der Waals surface area (Å²) in [7, 11) is 0. The van der Waals surface area contributed by atoms with E-state index in [1.807, 2.05) is 0 Å². The number of ether oxygens (including phenoxy) is 1. The fourth-order valence-electron chi connectivity index (χ4n) is 3.36. The van der Waals surface area contributed by atoms with E-state index in [4.69, 9.17) is 9.84 Å². The van der Waals surface area contributed by atoms with Gasteiger partial charge in [0.25, 0.3) is 0 Å². The Hall–Kier alpha value is -2.40. The van der Waals surface area contributed by atoms with Crippen LogP contribution in [-0.2, 0) is 23.9 Å². The van der Waals surface area contributed by atoms with E-state index in [0.717, 1.165) is 25.7 Å². The summed E-state index contributed by atoms with van der Waals surface area (Å²) >= 11 is 0. The van der Waals surface area contributed by atoms with Crippen LogP contribution >= 0.6 is 0 Å². The third-order valence-electron chi connectivity index (χ3n) is 4.91. The quantitative estimate of drug-likeness (QED) is 0.409. The number of hydrogen-bond donors (Lipinski definition) is 4. The minimum absolute atomic E-state index is 0.103. The van der Waals surface area contributed by atoms with E-state index in [2.05, 4.69) is 0 Å². The lowest BCUT2D eigenvalue weighted by Crippen LogP contribution is -2.70. The van der Waals surface area contributed by atoms with E-state index in [0.29, 0.717) is 0 Å². The van der Waals surface area contributed by atoms with Gasteiger partial charge in [0.15, 0.2) is 29.2 Å². The maximum atomic E-state index is 12.3. The lowest BCUT2D eigenvalue weighted by atomic mass is 9.73. The van der Waals surface area contributed by atoms with Crippen LogP contribution in [0.1, 0.15) is 20.8 Å². The van der Waals surface area contributed by atoms with E-state index < -0.39 is 53.0 Å². The molecule has 5 atom stereocenters. The van der Waals surface area contributed by atoms with Gasteiger partial charge < -0.3 is 30.1 Å².